The van der Waals surface area contributed by atoms with E-state index >= 15 is 0 Å². The van der Waals surface area contributed by atoms with Gasteiger partial charge in [0, 0.05) is 5.02 Å². The van der Waals surface area contributed by atoms with Crippen LogP contribution in [0.4, 0.5) is 0 Å². The number of hydrogen-bond donors (Lipinski definition) is 1. The summed E-state index contributed by atoms with van der Waals surface area (Å²) in [4.78, 5) is 17.0. The molecule has 0 radical (unpaired) electrons. The molecule has 1 N–H and O–H groups in total. The number of hydrogen-bond acceptors (Lipinski definition) is 6. The van der Waals surface area contributed by atoms with Crippen LogP contribution < -0.4 is 9.46 Å². The van der Waals surface area contributed by atoms with E-state index in [1.54, 1.807) is 42.5 Å². The molecule has 0 spiro atoms. The smallest absolute Gasteiger partial charge is 0.291 e. The number of benzene rings is 2. The molecule has 1 fully saturated rings. The number of nitrogens with one attached hydrogen (secondary N) is 1. The van der Waals surface area contributed by atoms with E-state index in [1.165, 1.54) is 0 Å². The third kappa shape index (κ3) is 3.47. The summed E-state index contributed by atoms with van der Waals surface area (Å²) in [6.07, 6.45) is 1.15. The molecule has 0 bridgehead atoms. The predicted octanol–water partition coefficient (Wildman–Crippen LogP) is 3.89. The second kappa shape index (κ2) is 7.02. The number of rotatable bonds is 6. The number of aromatic nitrogens is 1. The fraction of sp³-hybridized carbons (Fsp3) is 0.263. The number of fused-ring (bicyclic) bond motifs is 1. The van der Waals surface area contributed by atoms with Gasteiger partial charge in [-0.2, -0.15) is 8.42 Å². The zero-order chi connectivity index (χ0) is 19.9. The molecule has 1 aromatic heterocycles. The van der Waals surface area contributed by atoms with Gasteiger partial charge in [-0.1, -0.05) is 23.7 Å². The first kappa shape index (κ1) is 19.2. The third-order valence-corrected chi connectivity index (χ3v) is 7.63. The number of halogens is 1. The van der Waals surface area contributed by atoms with Crippen molar-refractivity contribution in [3.05, 3.63) is 53.1 Å². The van der Waals surface area contributed by atoms with Gasteiger partial charge in [0.2, 0.25) is 10.2 Å². The maximum absolute atomic E-state index is 12.8. The number of amides is 1. The molecule has 0 saturated heterocycles. The fourth-order valence-corrected chi connectivity index (χ4v) is 5.57. The van der Waals surface area contributed by atoms with Crippen LogP contribution in [0.2, 0.25) is 5.02 Å². The zero-order valence-corrected chi connectivity index (χ0v) is 17.3. The van der Waals surface area contributed by atoms with E-state index in [4.69, 9.17) is 16.3 Å². The second-order valence-electron chi connectivity index (χ2n) is 6.57. The Morgan fingerprint density at radius 2 is 2.07 bits per heavy atom. The molecule has 0 unspecified atom stereocenters. The van der Waals surface area contributed by atoms with Gasteiger partial charge in [0.1, 0.15) is 5.75 Å². The SMILES string of the molecule is CCOc1ccc2nc(S(=O)(=O)NC(=O)C3(c4cccc(Cl)c4)CC3)sc2c1. The standard InChI is InChI=1S/C19H17ClN2O4S2/c1-2-26-14-6-7-15-16(11-14)27-18(21-15)28(24,25)22-17(23)19(8-9-19)12-4-3-5-13(20)10-12/h3-7,10-11H,2,8-9H2,1H3,(H,22,23). The first-order valence-corrected chi connectivity index (χ1v) is 11.4. The average molecular weight is 437 g/mol. The van der Waals surface area contributed by atoms with Crippen LogP contribution in [0.3, 0.4) is 0 Å². The molecule has 4 rings (SSSR count). The van der Waals surface area contributed by atoms with Crippen LogP contribution in [0, 0.1) is 0 Å². The lowest BCUT2D eigenvalue weighted by Gasteiger charge is -2.15. The van der Waals surface area contributed by atoms with Crippen molar-refractivity contribution >= 4 is 49.1 Å². The lowest BCUT2D eigenvalue weighted by Crippen LogP contribution is -2.38. The summed E-state index contributed by atoms with van der Waals surface area (Å²) >= 11 is 7.02. The molecular formula is C19H17ClN2O4S2. The largest absolute Gasteiger partial charge is 0.494 e. The van der Waals surface area contributed by atoms with Crippen molar-refractivity contribution < 1.29 is 17.9 Å². The Hall–Kier alpha value is -2.16. The Bertz CT molecular complexity index is 1170. The molecule has 146 valence electrons. The molecule has 0 aliphatic heterocycles. The molecule has 1 aliphatic rings. The molecular weight excluding hydrogens is 420 g/mol. The van der Waals surface area contributed by atoms with Gasteiger partial charge in [-0.25, -0.2) is 9.71 Å². The Morgan fingerprint density at radius 1 is 1.29 bits per heavy atom. The van der Waals surface area contributed by atoms with Crippen LogP contribution >= 0.6 is 22.9 Å². The summed E-state index contributed by atoms with van der Waals surface area (Å²) in [7, 11) is -4.07. The number of carbonyl (C=O) groups is 1. The van der Waals surface area contributed by atoms with Crippen molar-refractivity contribution in [3.63, 3.8) is 0 Å². The third-order valence-electron chi connectivity index (χ3n) is 4.67. The second-order valence-corrected chi connectivity index (χ2v) is 9.89. The lowest BCUT2D eigenvalue weighted by molar-refractivity contribution is -0.121. The summed E-state index contributed by atoms with van der Waals surface area (Å²) in [6.45, 7) is 2.38. The minimum atomic E-state index is -4.07. The Kier molecular flexibility index (Phi) is 4.81. The van der Waals surface area contributed by atoms with Crippen LogP contribution in [0.15, 0.2) is 46.8 Å². The normalized spacial score (nSPS) is 15.4. The van der Waals surface area contributed by atoms with Gasteiger partial charge < -0.3 is 4.74 Å². The summed E-state index contributed by atoms with van der Waals surface area (Å²) in [5.41, 5.74) is 0.409. The van der Waals surface area contributed by atoms with Crippen LogP contribution in [0.5, 0.6) is 5.75 Å². The highest BCUT2D eigenvalue weighted by Crippen LogP contribution is 2.49. The molecule has 1 amide bonds. The average Bonchev–Trinajstić information content (AvgIpc) is 3.35. The topological polar surface area (TPSA) is 85.4 Å². The number of sulfonamides is 1. The summed E-state index contributed by atoms with van der Waals surface area (Å²) in [5.74, 6) is 0.0913. The summed E-state index contributed by atoms with van der Waals surface area (Å²) < 4.78 is 33.7. The highest BCUT2D eigenvalue weighted by molar-refractivity contribution is 7.92. The Morgan fingerprint density at radius 3 is 2.75 bits per heavy atom. The maximum Gasteiger partial charge on any atom is 0.291 e. The minimum absolute atomic E-state index is 0.147. The maximum atomic E-state index is 12.8. The van der Waals surface area contributed by atoms with E-state index in [0.29, 0.717) is 40.4 Å². The number of nitrogens with zero attached hydrogens (tertiary/aromatic N) is 1. The van der Waals surface area contributed by atoms with Crippen molar-refractivity contribution in [1.82, 2.24) is 9.71 Å². The molecule has 28 heavy (non-hydrogen) atoms. The molecule has 6 nitrogen and oxygen atoms in total. The molecule has 0 atom stereocenters. The van der Waals surface area contributed by atoms with Gasteiger partial charge >= 0.3 is 0 Å². The first-order chi connectivity index (χ1) is 13.3. The Labute approximate surface area is 171 Å². The van der Waals surface area contributed by atoms with Gasteiger partial charge in [0.25, 0.3) is 10.0 Å². The van der Waals surface area contributed by atoms with E-state index in [2.05, 4.69) is 9.71 Å². The molecule has 1 saturated carbocycles. The van der Waals surface area contributed by atoms with Gasteiger partial charge in [-0.15, -0.1) is 11.3 Å². The molecule has 2 aromatic carbocycles. The van der Waals surface area contributed by atoms with Crippen molar-refractivity contribution in [3.8, 4) is 5.75 Å². The quantitative estimate of drug-likeness (QED) is 0.633. The monoisotopic (exact) mass is 436 g/mol. The van der Waals surface area contributed by atoms with E-state index < -0.39 is 21.3 Å². The molecule has 9 heteroatoms. The molecule has 1 heterocycles. The van der Waals surface area contributed by atoms with Gasteiger partial charge in [0.15, 0.2) is 0 Å². The van der Waals surface area contributed by atoms with Crippen LogP contribution in [-0.4, -0.2) is 25.9 Å². The van der Waals surface area contributed by atoms with E-state index in [0.717, 1.165) is 16.9 Å². The fourth-order valence-electron chi connectivity index (χ4n) is 3.08. The van der Waals surface area contributed by atoms with Crippen LogP contribution in [0.1, 0.15) is 25.3 Å². The minimum Gasteiger partial charge on any atom is -0.494 e. The van der Waals surface area contributed by atoms with Crippen molar-refractivity contribution in [2.45, 2.75) is 29.5 Å². The first-order valence-electron chi connectivity index (χ1n) is 8.71. The lowest BCUT2D eigenvalue weighted by atomic mass is 9.95. The Balaban J connectivity index is 1.60. The summed E-state index contributed by atoms with van der Waals surface area (Å²) in [6, 6.07) is 12.1. The number of carbonyl (C=O) groups excluding carboxylic acids is 1. The van der Waals surface area contributed by atoms with E-state index in [-0.39, 0.29) is 4.34 Å². The summed E-state index contributed by atoms with van der Waals surface area (Å²) in [5, 5.41) is 0.510. The van der Waals surface area contributed by atoms with E-state index in [9.17, 15) is 13.2 Å². The van der Waals surface area contributed by atoms with E-state index in [1.807, 2.05) is 6.92 Å². The highest BCUT2D eigenvalue weighted by Gasteiger charge is 2.52. The van der Waals surface area contributed by atoms with Gasteiger partial charge in [0.05, 0.1) is 22.2 Å². The zero-order valence-electron chi connectivity index (χ0n) is 14.9. The van der Waals surface area contributed by atoms with Crippen molar-refractivity contribution in [2.75, 3.05) is 6.61 Å². The molecule has 3 aromatic rings. The molecule has 1 aliphatic carbocycles. The van der Waals surface area contributed by atoms with Crippen molar-refractivity contribution in [1.29, 1.82) is 0 Å². The van der Waals surface area contributed by atoms with Gasteiger partial charge in [-0.3, -0.25) is 4.79 Å². The van der Waals surface area contributed by atoms with Gasteiger partial charge in [-0.05, 0) is 55.7 Å². The van der Waals surface area contributed by atoms with Crippen LogP contribution in [-0.2, 0) is 20.2 Å². The highest BCUT2D eigenvalue weighted by atomic mass is 35.5. The van der Waals surface area contributed by atoms with Crippen LogP contribution in [0.25, 0.3) is 10.2 Å². The number of thiazole rings is 1. The predicted molar refractivity (Wildman–Crippen MR) is 108 cm³/mol. The number of ether oxygens (including phenoxy) is 1. The van der Waals surface area contributed by atoms with Crippen molar-refractivity contribution in [2.24, 2.45) is 0 Å².